The number of H-pyrrole nitrogens is 1. The summed E-state index contributed by atoms with van der Waals surface area (Å²) in [6, 6.07) is 3.74. The highest BCUT2D eigenvalue weighted by Crippen LogP contribution is 2.20. The van der Waals surface area contributed by atoms with Gasteiger partial charge in [-0.2, -0.15) is 0 Å². The van der Waals surface area contributed by atoms with Crippen molar-refractivity contribution in [1.82, 2.24) is 14.8 Å². The van der Waals surface area contributed by atoms with Gasteiger partial charge in [0, 0.05) is 43.1 Å². The van der Waals surface area contributed by atoms with Gasteiger partial charge in [0.2, 0.25) is 0 Å². The lowest BCUT2D eigenvalue weighted by molar-refractivity contribution is 0.0659. The van der Waals surface area contributed by atoms with Crippen molar-refractivity contribution in [3.05, 3.63) is 35.5 Å². The van der Waals surface area contributed by atoms with Crippen molar-refractivity contribution in [2.45, 2.75) is 0 Å². The van der Waals surface area contributed by atoms with Crippen molar-refractivity contribution in [2.24, 2.45) is 0 Å². The molecular formula is C14H15F2N3O. The second kappa shape index (κ2) is 4.86. The monoisotopic (exact) mass is 279 g/mol. The molecule has 0 atom stereocenters. The molecule has 0 unspecified atom stereocenters. The predicted octanol–water partition coefficient (Wildman–Crippen LogP) is 1.83. The largest absolute Gasteiger partial charge is 0.350 e. The molecule has 1 fully saturated rings. The van der Waals surface area contributed by atoms with Crippen molar-refractivity contribution < 1.29 is 13.6 Å². The van der Waals surface area contributed by atoms with Crippen LogP contribution in [0.4, 0.5) is 8.78 Å². The molecule has 1 aromatic carbocycles. The highest BCUT2D eigenvalue weighted by atomic mass is 19.2. The molecule has 6 heteroatoms. The van der Waals surface area contributed by atoms with E-state index in [1.54, 1.807) is 11.0 Å². The number of piperazine rings is 1. The number of carbonyl (C=O) groups is 1. The molecule has 0 aliphatic carbocycles. The second-order valence-corrected chi connectivity index (χ2v) is 5.13. The van der Waals surface area contributed by atoms with Crippen LogP contribution in [0, 0.1) is 11.6 Å². The molecule has 0 saturated carbocycles. The number of aromatic amines is 1. The zero-order chi connectivity index (χ0) is 14.3. The van der Waals surface area contributed by atoms with Crippen molar-refractivity contribution >= 4 is 16.8 Å². The van der Waals surface area contributed by atoms with E-state index in [9.17, 15) is 13.6 Å². The third kappa shape index (κ3) is 2.27. The molecule has 1 amide bonds. The summed E-state index contributed by atoms with van der Waals surface area (Å²) in [4.78, 5) is 19.1. The van der Waals surface area contributed by atoms with Crippen LogP contribution in [-0.2, 0) is 0 Å². The van der Waals surface area contributed by atoms with Crippen molar-refractivity contribution in [2.75, 3.05) is 33.2 Å². The minimum atomic E-state index is -0.919. The molecule has 1 aromatic heterocycles. The average Bonchev–Trinajstić information content (AvgIpc) is 2.82. The number of aromatic nitrogens is 1. The molecule has 0 radical (unpaired) electrons. The van der Waals surface area contributed by atoms with Gasteiger partial charge in [-0.3, -0.25) is 4.79 Å². The fraction of sp³-hybridized carbons (Fsp3) is 0.357. The number of carbonyl (C=O) groups excluding carboxylic acids is 1. The average molecular weight is 279 g/mol. The fourth-order valence-corrected chi connectivity index (χ4v) is 2.42. The summed E-state index contributed by atoms with van der Waals surface area (Å²) < 4.78 is 26.3. The normalized spacial score (nSPS) is 16.9. The van der Waals surface area contributed by atoms with Gasteiger partial charge in [-0.1, -0.05) is 0 Å². The molecule has 1 aliphatic heterocycles. The number of nitrogens with zero attached hydrogens (tertiary/aromatic N) is 2. The van der Waals surface area contributed by atoms with Gasteiger partial charge in [0.15, 0.2) is 11.6 Å². The van der Waals surface area contributed by atoms with Crippen LogP contribution in [0.2, 0.25) is 0 Å². The molecule has 2 heterocycles. The predicted molar refractivity (Wildman–Crippen MR) is 71.6 cm³/mol. The Kier molecular flexibility index (Phi) is 3.17. The van der Waals surface area contributed by atoms with E-state index in [1.165, 1.54) is 0 Å². The lowest BCUT2D eigenvalue weighted by Gasteiger charge is -2.32. The zero-order valence-corrected chi connectivity index (χ0v) is 11.1. The number of hydrogen-bond donors (Lipinski definition) is 1. The summed E-state index contributed by atoms with van der Waals surface area (Å²) in [7, 11) is 2.01. The number of benzene rings is 1. The first-order chi connectivity index (χ1) is 9.54. The molecule has 0 spiro atoms. The Morgan fingerprint density at radius 2 is 1.75 bits per heavy atom. The minimum absolute atomic E-state index is 0.130. The van der Waals surface area contributed by atoms with Gasteiger partial charge in [-0.05, 0) is 19.2 Å². The summed E-state index contributed by atoms with van der Waals surface area (Å²) in [6.07, 6.45) is 0. The topological polar surface area (TPSA) is 39.3 Å². The quantitative estimate of drug-likeness (QED) is 0.865. The second-order valence-electron chi connectivity index (χ2n) is 5.13. The lowest BCUT2D eigenvalue weighted by atomic mass is 10.2. The Balaban J connectivity index is 1.88. The Morgan fingerprint density at radius 1 is 1.10 bits per heavy atom. The first-order valence-corrected chi connectivity index (χ1v) is 6.50. The number of amides is 1. The van der Waals surface area contributed by atoms with Gasteiger partial charge in [-0.15, -0.1) is 0 Å². The number of hydrogen-bond acceptors (Lipinski definition) is 2. The number of fused-ring (bicyclic) bond motifs is 1. The maximum atomic E-state index is 13.2. The lowest BCUT2D eigenvalue weighted by Crippen LogP contribution is -2.47. The number of likely N-dealkylation sites (N-methyl/N-ethyl adjacent to an activating group) is 1. The van der Waals surface area contributed by atoms with E-state index in [2.05, 4.69) is 9.88 Å². The number of halogens is 2. The van der Waals surface area contributed by atoms with Gasteiger partial charge in [0.05, 0.1) is 0 Å². The van der Waals surface area contributed by atoms with Crippen LogP contribution in [0.25, 0.3) is 10.9 Å². The van der Waals surface area contributed by atoms with E-state index in [1.807, 2.05) is 7.05 Å². The summed E-state index contributed by atoms with van der Waals surface area (Å²) in [5.74, 6) is -1.96. The Hall–Kier alpha value is -1.95. The molecular weight excluding hydrogens is 264 g/mol. The molecule has 1 aliphatic rings. The zero-order valence-electron chi connectivity index (χ0n) is 11.1. The smallest absolute Gasteiger partial charge is 0.270 e. The Morgan fingerprint density at radius 3 is 2.45 bits per heavy atom. The fourth-order valence-electron chi connectivity index (χ4n) is 2.42. The van der Waals surface area contributed by atoms with E-state index in [4.69, 9.17) is 0 Å². The Bertz CT molecular complexity index is 621. The summed E-state index contributed by atoms with van der Waals surface area (Å²) >= 11 is 0. The van der Waals surface area contributed by atoms with Crippen molar-refractivity contribution in [3.63, 3.8) is 0 Å². The third-order valence-electron chi connectivity index (χ3n) is 3.68. The summed E-state index contributed by atoms with van der Waals surface area (Å²) in [5.41, 5.74) is 0.802. The van der Waals surface area contributed by atoms with Gasteiger partial charge in [0.1, 0.15) is 5.69 Å². The van der Waals surface area contributed by atoms with Crippen LogP contribution >= 0.6 is 0 Å². The third-order valence-corrected chi connectivity index (χ3v) is 3.68. The van der Waals surface area contributed by atoms with Crippen molar-refractivity contribution in [1.29, 1.82) is 0 Å². The maximum absolute atomic E-state index is 13.2. The van der Waals surface area contributed by atoms with Gasteiger partial charge in [-0.25, -0.2) is 8.78 Å². The standard InChI is InChI=1S/C14H15F2N3O/c1-18-2-4-19(5-3-18)14(20)13-7-9-6-10(15)11(16)8-12(9)17-13/h6-8,17H,2-5H2,1H3. The highest BCUT2D eigenvalue weighted by molar-refractivity contribution is 5.98. The molecule has 1 N–H and O–H groups in total. The number of nitrogens with one attached hydrogen (secondary N) is 1. The highest BCUT2D eigenvalue weighted by Gasteiger charge is 2.22. The molecule has 20 heavy (non-hydrogen) atoms. The molecule has 2 aromatic rings. The van der Waals surface area contributed by atoms with Crippen LogP contribution in [0.3, 0.4) is 0 Å². The van der Waals surface area contributed by atoms with E-state index in [0.29, 0.717) is 29.7 Å². The summed E-state index contributed by atoms with van der Waals surface area (Å²) in [5, 5.41) is 0.501. The Labute approximate surface area is 115 Å². The first kappa shape index (κ1) is 13.1. The van der Waals surface area contributed by atoms with E-state index >= 15 is 0 Å². The van der Waals surface area contributed by atoms with Crippen LogP contribution in [0.1, 0.15) is 10.5 Å². The molecule has 1 saturated heterocycles. The SMILES string of the molecule is CN1CCN(C(=O)c2cc3cc(F)c(F)cc3[nH]2)CC1. The maximum Gasteiger partial charge on any atom is 0.270 e. The molecule has 0 bridgehead atoms. The minimum Gasteiger partial charge on any atom is -0.350 e. The molecule has 3 rings (SSSR count). The van der Waals surface area contributed by atoms with E-state index in [-0.39, 0.29) is 5.91 Å². The van der Waals surface area contributed by atoms with E-state index in [0.717, 1.165) is 25.2 Å². The summed E-state index contributed by atoms with van der Waals surface area (Å²) in [6.45, 7) is 2.98. The van der Waals surface area contributed by atoms with Crippen LogP contribution in [-0.4, -0.2) is 53.9 Å². The number of rotatable bonds is 1. The molecule has 4 nitrogen and oxygen atoms in total. The van der Waals surface area contributed by atoms with Crippen LogP contribution in [0.15, 0.2) is 18.2 Å². The van der Waals surface area contributed by atoms with E-state index < -0.39 is 11.6 Å². The first-order valence-electron chi connectivity index (χ1n) is 6.50. The van der Waals surface area contributed by atoms with Gasteiger partial charge >= 0.3 is 0 Å². The van der Waals surface area contributed by atoms with Crippen LogP contribution < -0.4 is 0 Å². The van der Waals surface area contributed by atoms with Crippen LogP contribution in [0.5, 0.6) is 0 Å². The van der Waals surface area contributed by atoms with Crippen molar-refractivity contribution in [3.8, 4) is 0 Å². The molecule has 106 valence electrons. The van der Waals surface area contributed by atoms with Gasteiger partial charge < -0.3 is 14.8 Å². The van der Waals surface area contributed by atoms with Gasteiger partial charge in [0.25, 0.3) is 5.91 Å².